The largest absolute Gasteiger partial charge is 0.373 e. The molecule has 23 heavy (non-hydrogen) atoms. The van der Waals surface area contributed by atoms with Crippen LogP contribution in [0.15, 0.2) is 16.9 Å². The van der Waals surface area contributed by atoms with Crippen LogP contribution in [0.2, 0.25) is 0 Å². The fraction of sp³-hybridized carbons (Fsp3) is 0.688. The highest BCUT2D eigenvalue weighted by molar-refractivity contribution is 9.10. The van der Waals surface area contributed by atoms with Crippen LogP contribution >= 0.6 is 15.9 Å². The van der Waals surface area contributed by atoms with Gasteiger partial charge in [-0.05, 0) is 55.0 Å². The van der Waals surface area contributed by atoms with Gasteiger partial charge in [-0.1, -0.05) is 0 Å². The predicted molar refractivity (Wildman–Crippen MR) is 90.0 cm³/mol. The first-order valence-corrected chi connectivity index (χ1v) is 9.09. The number of hydrogen-bond donors (Lipinski definition) is 1. The Kier molecular flexibility index (Phi) is 5.48. The van der Waals surface area contributed by atoms with Crippen LogP contribution in [0.4, 0.5) is 4.79 Å². The third kappa shape index (κ3) is 4.41. The number of carbonyl (C=O) groups is 1. The van der Waals surface area contributed by atoms with Gasteiger partial charge in [-0.15, -0.1) is 0 Å². The lowest BCUT2D eigenvalue weighted by Gasteiger charge is -2.37. The molecule has 2 atom stereocenters. The van der Waals surface area contributed by atoms with E-state index in [1.165, 1.54) is 19.3 Å². The molecule has 0 spiro atoms. The molecule has 1 N–H and O–H groups in total. The third-order valence-electron chi connectivity index (χ3n) is 4.47. The van der Waals surface area contributed by atoms with Crippen LogP contribution < -0.4 is 5.32 Å². The molecular weight excluding hydrogens is 360 g/mol. The summed E-state index contributed by atoms with van der Waals surface area (Å²) in [6, 6.07) is -0.283. The number of nitrogens with one attached hydrogen (secondary N) is 1. The Labute approximate surface area is 145 Å². The van der Waals surface area contributed by atoms with Crippen molar-refractivity contribution in [3.8, 4) is 0 Å². The zero-order chi connectivity index (χ0) is 16.2. The van der Waals surface area contributed by atoms with E-state index in [0.29, 0.717) is 18.5 Å². The number of piperidine rings is 1. The molecule has 2 unspecified atom stereocenters. The van der Waals surface area contributed by atoms with Crippen molar-refractivity contribution >= 4 is 22.0 Å². The molecule has 1 saturated heterocycles. The Bertz CT molecular complexity index is 535. The molecule has 1 aromatic rings. The predicted octanol–water partition coefficient (Wildman–Crippen LogP) is 3.04. The van der Waals surface area contributed by atoms with Crippen molar-refractivity contribution in [2.24, 2.45) is 0 Å². The fourth-order valence-corrected chi connectivity index (χ4v) is 3.10. The lowest BCUT2D eigenvalue weighted by molar-refractivity contribution is -0.0721. The molecule has 6 nitrogen and oxygen atoms in total. The van der Waals surface area contributed by atoms with Crippen molar-refractivity contribution < 1.29 is 9.53 Å². The minimum atomic E-state index is -0.219. The molecule has 1 aromatic heterocycles. The van der Waals surface area contributed by atoms with Crippen LogP contribution in [0.1, 0.15) is 50.9 Å². The van der Waals surface area contributed by atoms with Crippen molar-refractivity contribution in [2.75, 3.05) is 13.1 Å². The highest BCUT2D eigenvalue weighted by atomic mass is 79.9. The van der Waals surface area contributed by atoms with E-state index >= 15 is 0 Å². The first-order chi connectivity index (χ1) is 11.1. The molecule has 2 aliphatic rings. The molecule has 0 radical (unpaired) electrons. The first-order valence-electron chi connectivity index (χ1n) is 8.30. The van der Waals surface area contributed by atoms with E-state index in [-0.39, 0.29) is 18.2 Å². The quantitative estimate of drug-likeness (QED) is 0.868. The number of likely N-dealkylation sites (tertiary alicyclic amines) is 1. The molecule has 1 aliphatic carbocycles. The van der Waals surface area contributed by atoms with Crippen LogP contribution in [-0.4, -0.2) is 46.2 Å². The minimum Gasteiger partial charge on any atom is -0.373 e. The van der Waals surface area contributed by atoms with Gasteiger partial charge in [0, 0.05) is 25.5 Å². The van der Waals surface area contributed by atoms with Gasteiger partial charge in [0.05, 0.1) is 22.7 Å². The molecule has 1 saturated carbocycles. The normalized spacial score (nSPS) is 23.2. The molecule has 2 amide bonds. The monoisotopic (exact) mass is 382 g/mol. The van der Waals surface area contributed by atoms with E-state index in [2.05, 4.69) is 31.2 Å². The van der Waals surface area contributed by atoms with Gasteiger partial charge in [-0.2, -0.15) is 0 Å². The van der Waals surface area contributed by atoms with Crippen LogP contribution in [0.3, 0.4) is 0 Å². The summed E-state index contributed by atoms with van der Waals surface area (Å²) in [5.41, 5.74) is 0. The Hall–Kier alpha value is -1.21. The molecule has 2 heterocycles. The molecular formula is C16H23BrN4O2. The van der Waals surface area contributed by atoms with Crippen LogP contribution in [0.5, 0.6) is 0 Å². The number of rotatable bonds is 4. The minimum absolute atomic E-state index is 0.0640. The summed E-state index contributed by atoms with van der Waals surface area (Å²) in [7, 11) is 0. The SMILES string of the molecule is CC(NC(=O)N1CCCC(OC2CCC2)C1)c1ncc(Br)cn1. The summed E-state index contributed by atoms with van der Waals surface area (Å²) in [5.74, 6) is 0.612. The summed E-state index contributed by atoms with van der Waals surface area (Å²) < 4.78 is 6.88. The lowest BCUT2D eigenvalue weighted by Crippen LogP contribution is -2.49. The second kappa shape index (κ2) is 7.57. The van der Waals surface area contributed by atoms with E-state index in [0.717, 1.165) is 23.9 Å². The van der Waals surface area contributed by atoms with Gasteiger partial charge in [0.15, 0.2) is 0 Å². The van der Waals surface area contributed by atoms with Gasteiger partial charge >= 0.3 is 6.03 Å². The maximum atomic E-state index is 12.5. The second-order valence-electron chi connectivity index (χ2n) is 6.33. The smallest absolute Gasteiger partial charge is 0.318 e. The molecule has 1 aliphatic heterocycles. The average Bonchev–Trinajstić information content (AvgIpc) is 2.52. The first kappa shape index (κ1) is 16.6. The summed E-state index contributed by atoms with van der Waals surface area (Å²) in [6.45, 7) is 3.36. The Morgan fingerprint density at radius 1 is 1.30 bits per heavy atom. The summed E-state index contributed by atoms with van der Waals surface area (Å²) in [6.07, 6.45) is 9.62. The molecule has 2 fully saturated rings. The number of urea groups is 1. The van der Waals surface area contributed by atoms with E-state index in [4.69, 9.17) is 4.74 Å². The van der Waals surface area contributed by atoms with Crippen LogP contribution in [-0.2, 0) is 4.74 Å². The van der Waals surface area contributed by atoms with Crippen LogP contribution in [0, 0.1) is 0 Å². The van der Waals surface area contributed by atoms with Crippen molar-refractivity contribution in [1.29, 1.82) is 0 Å². The summed E-state index contributed by atoms with van der Waals surface area (Å²) >= 11 is 3.31. The second-order valence-corrected chi connectivity index (χ2v) is 7.25. The van der Waals surface area contributed by atoms with E-state index in [1.54, 1.807) is 12.4 Å². The number of hydrogen-bond acceptors (Lipinski definition) is 4. The number of nitrogens with zero attached hydrogens (tertiary/aromatic N) is 3. The maximum absolute atomic E-state index is 12.5. The van der Waals surface area contributed by atoms with Gasteiger partial charge in [-0.25, -0.2) is 14.8 Å². The van der Waals surface area contributed by atoms with E-state index in [9.17, 15) is 4.79 Å². The van der Waals surface area contributed by atoms with Gasteiger partial charge in [0.2, 0.25) is 0 Å². The Morgan fingerprint density at radius 2 is 2.00 bits per heavy atom. The third-order valence-corrected chi connectivity index (χ3v) is 4.88. The summed E-state index contributed by atoms with van der Waals surface area (Å²) in [4.78, 5) is 22.8. The number of amides is 2. The lowest BCUT2D eigenvalue weighted by atomic mass is 9.95. The molecule has 0 bridgehead atoms. The zero-order valence-electron chi connectivity index (χ0n) is 13.4. The molecule has 0 aromatic carbocycles. The maximum Gasteiger partial charge on any atom is 0.318 e. The molecule has 3 rings (SSSR count). The van der Waals surface area contributed by atoms with Gasteiger partial charge < -0.3 is 15.0 Å². The van der Waals surface area contributed by atoms with Crippen molar-refractivity contribution in [3.63, 3.8) is 0 Å². The Balaban J connectivity index is 1.51. The van der Waals surface area contributed by atoms with Crippen LogP contribution in [0.25, 0.3) is 0 Å². The van der Waals surface area contributed by atoms with Gasteiger partial charge in [-0.3, -0.25) is 0 Å². The molecule has 7 heteroatoms. The standard InChI is InChI=1S/C16H23BrN4O2/c1-11(15-18-8-12(17)9-19-15)20-16(22)21-7-3-6-14(10-21)23-13-4-2-5-13/h8-9,11,13-14H,2-7,10H2,1H3,(H,20,22). The van der Waals surface area contributed by atoms with E-state index < -0.39 is 0 Å². The Morgan fingerprint density at radius 3 is 2.65 bits per heavy atom. The van der Waals surface area contributed by atoms with Crippen molar-refractivity contribution in [2.45, 2.75) is 57.3 Å². The molecule has 126 valence electrons. The van der Waals surface area contributed by atoms with E-state index in [1.807, 2.05) is 11.8 Å². The highest BCUT2D eigenvalue weighted by Gasteiger charge is 2.29. The average molecular weight is 383 g/mol. The van der Waals surface area contributed by atoms with Gasteiger partial charge in [0.1, 0.15) is 5.82 Å². The summed E-state index contributed by atoms with van der Waals surface area (Å²) in [5, 5.41) is 2.98. The van der Waals surface area contributed by atoms with Crippen molar-refractivity contribution in [3.05, 3.63) is 22.7 Å². The number of ether oxygens (including phenoxy) is 1. The van der Waals surface area contributed by atoms with Crippen molar-refractivity contribution in [1.82, 2.24) is 20.2 Å². The highest BCUT2D eigenvalue weighted by Crippen LogP contribution is 2.26. The number of carbonyl (C=O) groups excluding carboxylic acids is 1. The number of halogens is 1. The fourth-order valence-electron chi connectivity index (χ4n) is 2.90. The zero-order valence-corrected chi connectivity index (χ0v) is 15.0. The number of aromatic nitrogens is 2. The van der Waals surface area contributed by atoms with Gasteiger partial charge in [0.25, 0.3) is 0 Å². The topological polar surface area (TPSA) is 67.4 Å².